The van der Waals surface area contributed by atoms with E-state index in [1.165, 1.54) is 11.3 Å². The van der Waals surface area contributed by atoms with Crippen LogP contribution in [0.2, 0.25) is 0 Å². The molecule has 0 N–H and O–H groups in total. The van der Waals surface area contributed by atoms with Crippen LogP contribution in [0, 0.1) is 5.92 Å². The number of carbonyl (C=O) groups is 1. The van der Waals surface area contributed by atoms with Crippen LogP contribution >= 0.6 is 0 Å². The molecule has 2 heteroatoms. The summed E-state index contributed by atoms with van der Waals surface area (Å²) in [5, 5.41) is 0. The van der Waals surface area contributed by atoms with E-state index < -0.39 is 0 Å². The van der Waals surface area contributed by atoms with Crippen molar-refractivity contribution in [2.75, 3.05) is 18.0 Å². The molecule has 2 nitrogen and oxygen atoms in total. The van der Waals surface area contributed by atoms with Gasteiger partial charge in [-0.2, -0.15) is 0 Å². The summed E-state index contributed by atoms with van der Waals surface area (Å²) in [6.07, 6.45) is 5.26. The molecule has 1 aliphatic heterocycles. The maximum Gasteiger partial charge on any atom is 0.136 e. The highest BCUT2D eigenvalue weighted by Gasteiger charge is 2.26. The lowest BCUT2D eigenvalue weighted by Gasteiger charge is -2.20. The summed E-state index contributed by atoms with van der Waals surface area (Å²) < 4.78 is 0. The van der Waals surface area contributed by atoms with Gasteiger partial charge in [-0.15, -0.1) is 0 Å². The van der Waals surface area contributed by atoms with Crippen LogP contribution in [0.25, 0.3) is 0 Å². The van der Waals surface area contributed by atoms with Crippen molar-refractivity contribution in [3.63, 3.8) is 0 Å². The van der Waals surface area contributed by atoms with Crippen molar-refractivity contribution in [1.29, 1.82) is 0 Å². The molecule has 0 spiro atoms. The molecule has 1 aliphatic carbocycles. The number of Topliss-reactive ketones (excluding diaryl/α,β-unsaturated/α-hetero) is 1. The number of hydrogen-bond acceptors (Lipinski definition) is 2. The number of fused-ring (bicyclic) bond motifs is 1. The molecule has 0 radical (unpaired) electrons. The van der Waals surface area contributed by atoms with Gasteiger partial charge in [0.25, 0.3) is 0 Å². The summed E-state index contributed by atoms with van der Waals surface area (Å²) in [7, 11) is 0. The minimum absolute atomic E-state index is 0.350. The molecule has 90 valence electrons. The maximum absolute atomic E-state index is 11.6. The van der Waals surface area contributed by atoms with Crippen molar-refractivity contribution in [2.24, 2.45) is 5.92 Å². The van der Waals surface area contributed by atoms with Crippen LogP contribution in [0.15, 0.2) is 24.3 Å². The minimum Gasteiger partial charge on any atom is -0.371 e. The molecule has 1 fully saturated rings. The fraction of sp³-hybridized carbons (Fsp3) is 0.533. The van der Waals surface area contributed by atoms with Crippen molar-refractivity contribution in [1.82, 2.24) is 0 Å². The zero-order valence-electron chi connectivity index (χ0n) is 10.2. The van der Waals surface area contributed by atoms with Crippen LogP contribution < -0.4 is 4.90 Å². The molecule has 1 atom stereocenters. The molecule has 0 saturated heterocycles. The van der Waals surface area contributed by atoms with Gasteiger partial charge < -0.3 is 4.90 Å². The normalized spacial score (nSPS) is 23.2. The first-order valence-corrected chi connectivity index (χ1v) is 6.70. The smallest absolute Gasteiger partial charge is 0.136 e. The van der Waals surface area contributed by atoms with Crippen LogP contribution in [-0.2, 0) is 11.2 Å². The molecule has 1 aromatic rings. The molecule has 0 aromatic heterocycles. The second kappa shape index (κ2) is 4.52. The molecule has 1 unspecified atom stereocenters. The first-order chi connectivity index (χ1) is 8.34. The zero-order valence-corrected chi connectivity index (χ0v) is 10.2. The number of rotatable bonds is 3. The Hall–Kier alpha value is -1.31. The van der Waals surface area contributed by atoms with Gasteiger partial charge in [-0.05, 0) is 37.3 Å². The first-order valence-electron chi connectivity index (χ1n) is 6.70. The first kappa shape index (κ1) is 10.8. The Labute approximate surface area is 103 Å². The number of nitrogens with zero attached hydrogens (tertiary/aromatic N) is 1. The van der Waals surface area contributed by atoms with Gasteiger partial charge in [0.05, 0.1) is 0 Å². The lowest BCUT2D eigenvalue weighted by Crippen LogP contribution is -2.24. The second-order valence-electron chi connectivity index (χ2n) is 5.21. The highest BCUT2D eigenvalue weighted by atomic mass is 16.1. The van der Waals surface area contributed by atoms with Crippen LogP contribution in [0.5, 0.6) is 0 Å². The quantitative estimate of drug-likeness (QED) is 0.794. The second-order valence-corrected chi connectivity index (χ2v) is 5.21. The van der Waals surface area contributed by atoms with Crippen molar-refractivity contribution in [3.05, 3.63) is 29.8 Å². The number of anilines is 1. The van der Waals surface area contributed by atoms with Gasteiger partial charge in [-0.25, -0.2) is 0 Å². The summed E-state index contributed by atoms with van der Waals surface area (Å²) >= 11 is 0. The standard InChI is InChI=1S/C15H19NO/c17-15-7-3-5-13(15)9-11-16-10-8-12-4-1-2-6-14(12)16/h1-2,4,6,13H,3,5,7-11H2. The monoisotopic (exact) mass is 229 g/mol. The van der Waals surface area contributed by atoms with E-state index in [1.807, 2.05) is 0 Å². The van der Waals surface area contributed by atoms with Crippen molar-refractivity contribution >= 4 is 11.5 Å². The number of benzene rings is 1. The van der Waals surface area contributed by atoms with Gasteiger partial charge in [0, 0.05) is 31.1 Å². The summed E-state index contributed by atoms with van der Waals surface area (Å²) in [5.74, 6) is 0.847. The van der Waals surface area contributed by atoms with E-state index in [0.717, 1.165) is 45.2 Å². The Balaban J connectivity index is 1.62. The van der Waals surface area contributed by atoms with E-state index in [2.05, 4.69) is 29.2 Å². The van der Waals surface area contributed by atoms with Crippen LogP contribution in [-0.4, -0.2) is 18.9 Å². The lowest BCUT2D eigenvalue weighted by atomic mass is 10.0. The summed E-state index contributed by atoms with van der Waals surface area (Å²) in [4.78, 5) is 14.1. The van der Waals surface area contributed by atoms with Crippen LogP contribution in [0.3, 0.4) is 0 Å². The largest absolute Gasteiger partial charge is 0.371 e. The van der Waals surface area contributed by atoms with E-state index >= 15 is 0 Å². The summed E-state index contributed by atoms with van der Waals surface area (Å²) in [5.41, 5.74) is 2.85. The molecule has 1 heterocycles. The van der Waals surface area contributed by atoms with Crippen molar-refractivity contribution < 1.29 is 4.79 Å². The molecular formula is C15H19NO. The van der Waals surface area contributed by atoms with Crippen LogP contribution in [0.1, 0.15) is 31.2 Å². The predicted molar refractivity (Wildman–Crippen MR) is 69.3 cm³/mol. The highest BCUT2D eigenvalue weighted by Crippen LogP contribution is 2.30. The van der Waals surface area contributed by atoms with Gasteiger partial charge in [-0.1, -0.05) is 18.2 Å². The number of hydrogen-bond donors (Lipinski definition) is 0. The molecule has 1 saturated carbocycles. The van der Waals surface area contributed by atoms with Gasteiger partial charge in [0.1, 0.15) is 5.78 Å². The maximum atomic E-state index is 11.6. The third-order valence-corrected chi connectivity index (χ3v) is 4.16. The molecular weight excluding hydrogens is 210 g/mol. The Morgan fingerprint density at radius 2 is 2.12 bits per heavy atom. The fourth-order valence-corrected chi connectivity index (χ4v) is 3.14. The molecule has 0 bridgehead atoms. The Bertz CT molecular complexity index is 427. The molecule has 3 rings (SSSR count). The fourth-order valence-electron chi connectivity index (χ4n) is 3.14. The molecule has 1 aromatic carbocycles. The number of para-hydroxylation sites is 1. The zero-order chi connectivity index (χ0) is 11.7. The van der Waals surface area contributed by atoms with Crippen molar-refractivity contribution in [2.45, 2.75) is 32.1 Å². The summed E-state index contributed by atoms with van der Waals surface area (Å²) in [6, 6.07) is 8.65. The lowest BCUT2D eigenvalue weighted by molar-refractivity contribution is -0.120. The third kappa shape index (κ3) is 2.08. The average molecular weight is 229 g/mol. The van der Waals surface area contributed by atoms with Gasteiger partial charge in [0.2, 0.25) is 0 Å². The van der Waals surface area contributed by atoms with E-state index in [9.17, 15) is 4.79 Å². The molecule has 2 aliphatic rings. The van der Waals surface area contributed by atoms with E-state index in [-0.39, 0.29) is 0 Å². The minimum atomic E-state index is 0.350. The van der Waals surface area contributed by atoms with Crippen LogP contribution in [0.4, 0.5) is 5.69 Å². The Morgan fingerprint density at radius 1 is 1.24 bits per heavy atom. The predicted octanol–water partition coefficient (Wildman–Crippen LogP) is 2.81. The topological polar surface area (TPSA) is 20.3 Å². The third-order valence-electron chi connectivity index (χ3n) is 4.16. The Kier molecular flexibility index (Phi) is 2.87. The number of ketones is 1. The van der Waals surface area contributed by atoms with Gasteiger partial charge >= 0.3 is 0 Å². The molecule has 0 amide bonds. The van der Waals surface area contributed by atoms with Gasteiger partial charge in [-0.3, -0.25) is 4.79 Å². The summed E-state index contributed by atoms with van der Waals surface area (Å²) in [6.45, 7) is 2.17. The van der Waals surface area contributed by atoms with Gasteiger partial charge in [0.15, 0.2) is 0 Å². The van der Waals surface area contributed by atoms with E-state index in [1.54, 1.807) is 0 Å². The highest BCUT2D eigenvalue weighted by molar-refractivity contribution is 5.82. The SMILES string of the molecule is O=C1CCCC1CCN1CCc2ccccc21. The van der Waals surface area contributed by atoms with E-state index in [0.29, 0.717) is 11.7 Å². The Morgan fingerprint density at radius 3 is 2.94 bits per heavy atom. The average Bonchev–Trinajstić information content (AvgIpc) is 2.93. The number of carbonyl (C=O) groups excluding carboxylic acids is 1. The molecule has 17 heavy (non-hydrogen) atoms. The van der Waals surface area contributed by atoms with E-state index in [4.69, 9.17) is 0 Å². The van der Waals surface area contributed by atoms with Crippen molar-refractivity contribution in [3.8, 4) is 0 Å².